The minimum Gasteiger partial charge on any atom is -0.352 e. The van der Waals surface area contributed by atoms with E-state index in [4.69, 9.17) is 0 Å². The van der Waals surface area contributed by atoms with Crippen LogP contribution in [-0.2, 0) is 4.79 Å². The normalized spacial score (nSPS) is 33.5. The number of hydrogen-bond donors (Lipinski definition) is 1. The van der Waals surface area contributed by atoms with Crippen LogP contribution in [-0.4, -0.2) is 36.0 Å². The zero-order valence-corrected chi connectivity index (χ0v) is 8.96. The molecule has 0 aromatic rings. The first-order valence-electron chi connectivity index (χ1n) is 5.78. The lowest BCUT2D eigenvalue weighted by atomic mass is 9.89. The van der Waals surface area contributed by atoms with E-state index in [2.05, 4.69) is 10.2 Å². The van der Waals surface area contributed by atoms with Crippen LogP contribution in [0.4, 0.5) is 0 Å². The van der Waals surface area contributed by atoms with Gasteiger partial charge in [-0.05, 0) is 38.8 Å². The summed E-state index contributed by atoms with van der Waals surface area (Å²) < 4.78 is 0. The van der Waals surface area contributed by atoms with Crippen LogP contribution in [0.15, 0.2) is 0 Å². The van der Waals surface area contributed by atoms with Crippen molar-refractivity contribution in [3.63, 3.8) is 0 Å². The van der Waals surface area contributed by atoms with Crippen molar-refractivity contribution in [2.75, 3.05) is 13.1 Å². The molecule has 2 aliphatic rings. The zero-order chi connectivity index (χ0) is 9.97. The molecule has 2 fully saturated rings. The third-order valence-corrected chi connectivity index (χ3v) is 3.48. The quantitative estimate of drug-likeness (QED) is 0.682. The van der Waals surface area contributed by atoms with E-state index in [-0.39, 0.29) is 5.91 Å². The Bertz CT molecular complexity index is 215. The van der Waals surface area contributed by atoms with Crippen LogP contribution in [0.25, 0.3) is 0 Å². The second-order valence-corrected chi connectivity index (χ2v) is 4.55. The Morgan fingerprint density at radius 2 is 2.00 bits per heavy atom. The van der Waals surface area contributed by atoms with Gasteiger partial charge in [-0.2, -0.15) is 0 Å². The average Bonchev–Trinajstić information content (AvgIpc) is 2.18. The number of hydrogen-bond acceptors (Lipinski definition) is 2. The highest BCUT2D eigenvalue weighted by Crippen LogP contribution is 2.26. The van der Waals surface area contributed by atoms with Gasteiger partial charge >= 0.3 is 0 Å². The first-order valence-corrected chi connectivity index (χ1v) is 5.78. The fraction of sp³-hybridized carbons (Fsp3) is 0.909. The van der Waals surface area contributed by atoms with E-state index in [1.54, 1.807) is 6.92 Å². The summed E-state index contributed by atoms with van der Waals surface area (Å²) in [4.78, 5) is 13.6. The van der Waals surface area contributed by atoms with Gasteiger partial charge in [-0.1, -0.05) is 6.42 Å². The molecule has 1 amide bonds. The summed E-state index contributed by atoms with van der Waals surface area (Å²) in [7, 11) is 0. The smallest absolute Gasteiger partial charge is 0.217 e. The van der Waals surface area contributed by atoms with Crippen molar-refractivity contribution in [2.24, 2.45) is 0 Å². The van der Waals surface area contributed by atoms with E-state index < -0.39 is 0 Å². The predicted molar refractivity (Wildman–Crippen MR) is 56.1 cm³/mol. The third kappa shape index (κ3) is 2.08. The molecule has 0 aliphatic carbocycles. The molecular formula is C11H20N2O. The molecule has 14 heavy (non-hydrogen) atoms. The molecule has 3 heteroatoms. The van der Waals surface area contributed by atoms with Gasteiger partial charge in [-0.3, -0.25) is 9.69 Å². The van der Waals surface area contributed by atoms with Crippen molar-refractivity contribution in [3.05, 3.63) is 0 Å². The molecule has 80 valence electrons. The van der Waals surface area contributed by atoms with Gasteiger partial charge < -0.3 is 5.32 Å². The molecule has 2 heterocycles. The standard InChI is InChI=1S/C11H20N2O/c1-9(14)12-10-5-4-8-13-7-3-2-6-11(10)13/h10-11H,2-8H2,1H3,(H,12,14)/t10-,11?/m1/s1. The van der Waals surface area contributed by atoms with Gasteiger partial charge in [-0.15, -0.1) is 0 Å². The number of piperidine rings is 2. The lowest BCUT2D eigenvalue weighted by Gasteiger charge is -2.44. The highest BCUT2D eigenvalue weighted by molar-refractivity contribution is 5.73. The van der Waals surface area contributed by atoms with Crippen molar-refractivity contribution >= 4 is 5.91 Å². The molecule has 0 aromatic carbocycles. The Morgan fingerprint density at radius 1 is 1.21 bits per heavy atom. The average molecular weight is 196 g/mol. The number of amides is 1. The van der Waals surface area contributed by atoms with Crippen LogP contribution in [0.1, 0.15) is 39.0 Å². The molecule has 1 N–H and O–H groups in total. The summed E-state index contributed by atoms with van der Waals surface area (Å²) in [5.41, 5.74) is 0. The van der Waals surface area contributed by atoms with Gasteiger partial charge in [-0.25, -0.2) is 0 Å². The summed E-state index contributed by atoms with van der Waals surface area (Å²) in [5.74, 6) is 0.127. The monoisotopic (exact) mass is 196 g/mol. The van der Waals surface area contributed by atoms with Gasteiger partial charge in [0.25, 0.3) is 0 Å². The summed E-state index contributed by atoms with van der Waals surface area (Å²) in [6.45, 7) is 4.10. The van der Waals surface area contributed by atoms with Crippen LogP contribution in [0.2, 0.25) is 0 Å². The minimum atomic E-state index is 0.127. The molecule has 0 radical (unpaired) electrons. The summed E-state index contributed by atoms with van der Waals surface area (Å²) in [6.07, 6.45) is 6.34. The maximum atomic E-state index is 11.1. The van der Waals surface area contributed by atoms with Crippen molar-refractivity contribution in [3.8, 4) is 0 Å². The molecule has 2 aliphatic heterocycles. The predicted octanol–water partition coefficient (Wildman–Crippen LogP) is 1.14. The van der Waals surface area contributed by atoms with Crippen LogP contribution in [0.3, 0.4) is 0 Å². The summed E-state index contributed by atoms with van der Waals surface area (Å²) in [5, 5.41) is 3.10. The second kappa shape index (κ2) is 4.30. The maximum Gasteiger partial charge on any atom is 0.217 e. The fourth-order valence-electron chi connectivity index (χ4n) is 2.89. The molecule has 2 saturated heterocycles. The highest BCUT2D eigenvalue weighted by atomic mass is 16.1. The zero-order valence-electron chi connectivity index (χ0n) is 8.96. The number of carbonyl (C=O) groups excluding carboxylic acids is 1. The van der Waals surface area contributed by atoms with Gasteiger partial charge in [0.1, 0.15) is 0 Å². The van der Waals surface area contributed by atoms with E-state index in [1.165, 1.54) is 45.2 Å². The molecule has 0 saturated carbocycles. The largest absolute Gasteiger partial charge is 0.352 e. The SMILES string of the molecule is CC(=O)N[C@@H]1CCCN2CCCCC12. The van der Waals surface area contributed by atoms with Crippen LogP contribution in [0.5, 0.6) is 0 Å². The topological polar surface area (TPSA) is 32.3 Å². The number of rotatable bonds is 1. The Morgan fingerprint density at radius 3 is 2.79 bits per heavy atom. The Balaban J connectivity index is 1.97. The third-order valence-electron chi connectivity index (χ3n) is 3.48. The molecule has 0 bridgehead atoms. The Hall–Kier alpha value is -0.570. The minimum absolute atomic E-state index is 0.127. The number of nitrogens with one attached hydrogen (secondary N) is 1. The molecule has 3 nitrogen and oxygen atoms in total. The number of nitrogens with zero attached hydrogens (tertiary/aromatic N) is 1. The van der Waals surface area contributed by atoms with Gasteiger partial charge in [0.15, 0.2) is 0 Å². The molecule has 2 atom stereocenters. The van der Waals surface area contributed by atoms with Gasteiger partial charge in [0.05, 0.1) is 0 Å². The van der Waals surface area contributed by atoms with E-state index in [9.17, 15) is 4.79 Å². The van der Waals surface area contributed by atoms with E-state index in [0.29, 0.717) is 12.1 Å². The molecule has 0 aromatic heterocycles. The van der Waals surface area contributed by atoms with Crippen LogP contribution < -0.4 is 5.32 Å². The van der Waals surface area contributed by atoms with Crippen molar-refractivity contribution < 1.29 is 4.79 Å². The molecule has 2 rings (SSSR count). The van der Waals surface area contributed by atoms with Crippen molar-refractivity contribution in [1.29, 1.82) is 0 Å². The fourth-order valence-corrected chi connectivity index (χ4v) is 2.89. The van der Waals surface area contributed by atoms with E-state index in [1.807, 2.05) is 0 Å². The number of carbonyl (C=O) groups is 1. The molecular weight excluding hydrogens is 176 g/mol. The first kappa shape index (κ1) is 9.97. The van der Waals surface area contributed by atoms with Crippen molar-refractivity contribution in [1.82, 2.24) is 10.2 Å². The number of fused-ring (bicyclic) bond motifs is 1. The molecule has 0 spiro atoms. The van der Waals surface area contributed by atoms with E-state index >= 15 is 0 Å². The Labute approximate surface area is 85.8 Å². The van der Waals surface area contributed by atoms with Crippen molar-refractivity contribution in [2.45, 2.75) is 51.1 Å². The van der Waals surface area contributed by atoms with Gasteiger partial charge in [0.2, 0.25) is 5.91 Å². The first-order chi connectivity index (χ1) is 6.77. The maximum absolute atomic E-state index is 11.1. The Kier molecular flexibility index (Phi) is 3.06. The van der Waals surface area contributed by atoms with Gasteiger partial charge in [0, 0.05) is 19.0 Å². The second-order valence-electron chi connectivity index (χ2n) is 4.55. The molecule has 1 unspecified atom stereocenters. The lowest BCUT2D eigenvalue weighted by Crippen LogP contribution is -2.56. The lowest BCUT2D eigenvalue weighted by molar-refractivity contribution is -0.120. The van der Waals surface area contributed by atoms with Crippen LogP contribution >= 0.6 is 0 Å². The van der Waals surface area contributed by atoms with Crippen LogP contribution in [0, 0.1) is 0 Å². The highest BCUT2D eigenvalue weighted by Gasteiger charge is 2.33. The summed E-state index contributed by atoms with van der Waals surface area (Å²) >= 11 is 0. The summed E-state index contributed by atoms with van der Waals surface area (Å²) in [6, 6.07) is 1.04. The van der Waals surface area contributed by atoms with E-state index in [0.717, 1.165) is 0 Å².